The lowest BCUT2D eigenvalue weighted by molar-refractivity contribution is -0.142. The van der Waals surface area contributed by atoms with Crippen molar-refractivity contribution < 1.29 is 43.5 Å². The van der Waals surface area contributed by atoms with E-state index in [0.717, 1.165) is 5.56 Å². The van der Waals surface area contributed by atoms with Gasteiger partial charge in [-0.25, -0.2) is 0 Å². The molecule has 232 valence electrons. The minimum absolute atomic E-state index is 0.0453. The molecule has 1 aliphatic heterocycles. The predicted molar refractivity (Wildman–Crippen MR) is 165 cm³/mol. The molecular formula is C31H37IN2O9. The van der Waals surface area contributed by atoms with Crippen molar-refractivity contribution in [2.75, 3.05) is 47.1 Å². The fraction of sp³-hybridized carbons (Fsp3) is 0.452. The van der Waals surface area contributed by atoms with Crippen LogP contribution in [0.2, 0.25) is 0 Å². The van der Waals surface area contributed by atoms with Gasteiger partial charge in [0.1, 0.15) is 24.2 Å². The Bertz CT molecular complexity index is 1330. The Labute approximate surface area is 264 Å². The molecule has 1 heterocycles. The SMILES string of the molecule is COc1ccccc1CCN(C(=O)C1CCOC1)[C@@H]1CC(C(=O)NCCO)=C[C@H](Oc2c(I)cc(C=O)cc2OC)[C@H]1O. The molecule has 0 spiro atoms. The van der Waals surface area contributed by atoms with Crippen molar-refractivity contribution in [2.24, 2.45) is 5.92 Å². The van der Waals surface area contributed by atoms with Crippen LogP contribution in [0.4, 0.5) is 0 Å². The van der Waals surface area contributed by atoms with Crippen LogP contribution in [0.5, 0.6) is 17.2 Å². The molecule has 0 radical (unpaired) electrons. The Hall–Kier alpha value is -3.20. The summed E-state index contributed by atoms with van der Waals surface area (Å²) in [7, 11) is 3.03. The highest BCUT2D eigenvalue weighted by atomic mass is 127. The number of nitrogens with one attached hydrogen (secondary N) is 1. The minimum atomic E-state index is -1.22. The van der Waals surface area contributed by atoms with Gasteiger partial charge in [-0.3, -0.25) is 14.4 Å². The highest BCUT2D eigenvalue weighted by molar-refractivity contribution is 14.1. The van der Waals surface area contributed by atoms with Crippen LogP contribution < -0.4 is 19.5 Å². The van der Waals surface area contributed by atoms with Crippen LogP contribution in [-0.2, 0) is 20.7 Å². The molecule has 0 bridgehead atoms. The van der Waals surface area contributed by atoms with Gasteiger partial charge in [-0.05, 0) is 65.3 Å². The third kappa shape index (κ3) is 7.85. The molecule has 4 atom stereocenters. The molecule has 0 saturated carbocycles. The normalized spacial score (nSPS) is 21.5. The van der Waals surface area contributed by atoms with E-state index in [1.807, 2.05) is 46.9 Å². The van der Waals surface area contributed by atoms with Crippen LogP contribution in [0.3, 0.4) is 0 Å². The number of nitrogens with zero attached hydrogens (tertiary/aromatic N) is 1. The Morgan fingerprint density at radius 3 is 2.63 bits per heavy atom. The number of rotatable bonds is 13. The summed E-state index contributed by atoms with van der Waals surface area (Å²) in [6.45, 7) is 0.813. The van der Waals surface area contributed by atoms with Gasteiger partial charge in [0.2, 0.25) is 11.8 Å². The van der Waals surface area contributed by atoms with Gasteiger partial charge >= 0.3 is 0 Å². The molecule has 0 aromatic heterocycles. The molecule has 2 amide bonds. The lowest BCUT2D eigenvalue weighted by atomic mass is 9.87. The number of aldehydes is 1. The van der Waals surface area contributed by atoms with Crippen molar-refractivity contribution in [3.63, 3.8) is 0 Å². The van der Waals surface area contributed by atoms with E-state index in [9.17, 15) is 24.6 Å². The summed E-state index contributed by atoms with van der Waals surface area (Å²) < 4.78 is 23.4. The number of methoxy groups -OCH3 is 2. The van der Waals surface area contributed by atoms with Crippen LogP contribution in [-0.4, -0.2) is 98.6 Å². The van der Waals surface area contributed by atoms with E-state index >= 15 is 0 Å². The smallest absolute Gasteiger partial charge is 0.247 e. The molecule has 11 nitrogen and oxygen atoms in total. The fourth-order valence-corrected chi connectivity index (χ4v) is 6.14. The zero-order valence-corrected chi connectivity index (χ0v) is 26.3. The van der Waals surface area contributed by atoms with E-state index in [0.29, 0.717) is 51.9 Å². The molecule has 2 aliphatic rings. The standard InChI is InChI=1S/C31H37IN2O9/c1-40-25-6-4-3-5-20(25)7-10-34(31(39)21-8-12-42-18-21)24-15-22(30(38)33-9-11-35)16-26(28(24)37)43-29-23(32)13-19(17-36)14-27(29)41-2/h3-6,13-14,16-17,21,24,26,28,35,37H,7-12,15,18H2,1-2H3,(H,33,38)/t21?,24-,26+,28+/m1/s1. The molecular weight excluding hydrogens is 671 g/mol. The van der Waals surface area contributed by atoms with Crippen LogP contribution in [0.1, 0.15) is 28.8 Å². The molecule has 3 N–H and O–H groups in total. The maximum Gasteiger partial charge on any atom is 0.247 e. The summed E-state index contributed by atoms with van der Waals surface area (Å²) >= 11 is 2.02. The van der Waals surface area contributed by atoms with E-state index in [4.69, 9.17) is 18.9 Å². The van der Waals surface area contributed by atoms with Crippen LogP contribution in [0.15, 0.2) is 48.0 Å². The number of carbonyl (C=O) groups excluding carboxylic acids is 3. The van der Waals surface area contributed by atoms with Crippen LogP contribution in [0, 0.1) is 9.49 Å². The minimum Gasteiger partial charge on any atom is -0.496 e. The third-order valence-electron chi connectivity index (χ3n) is 7.63. The second-order valence-electron chi connectivity index (χ2n) is 10.3. The van der Waals surface area contributed by atoms with E-state index in [1.54, 1.807) is 24.2 Å². The Kier molecular flexibility index (Phi) is 11.8. The second kappa shape index (κ2) is 15.5. The van der Waals surface area contributed by atoms with Crippen LogP contribution in [0.25, 0.3) is 0 Å². The van der Waals surface area contributed by atoms with Crippen molar-refractivity contribution in [3.05, 3.63) is 62.7 Å². The lowest BCUT2D eigenvalue weighted by Gasteiger charge is -2.41. The van der Waals surface area contributed by atoms with Gasteiger partial charge < -0.3 is 39.4 Å². The van der Waals surface area contributed by atoms with Gasteiger partial charge in [0.15, 0.2) is 11.5 Å². The number of halogens is 1. The summed E-state index contributed by atoms with van der Waals surface area (Å²) in [5, 5.41) is 23.7. The zero-order chi connectivity index (χ0) is 30.9. The van der Waals surface area contributed by atoms with Crippen molar-refractivity contribution in [2.45, 2.75) is 37.5 Å². The van der Waals surface area contributed by atoms with E-state index in [-0.39, 0.29) is 50.3 Å². The molecule has 1 aliphatic carbocycles. The first kappa shape index (κ1) is 32.7. The number of amides is 2. The number of hydrogen-bond donors (Lipinski definition) is 3. The first-order chi connectivity index (χ1) is 20.8. The van der Waals surface area contributed by atoms with E-state index in [1.165, 1.54) is 13.2 Å². The van der Waals surface area contributed by atoms with Gasteiger partial charge in [0.25, 0.3) is 0 Å². The van der Waals surface area contributed by atoms with Crippen molar-refractivity contribution in [1.29, 1.82) is 0 Å². The first-order valence-electron chi connectivity index (χ1n) is 14.1. The Morgan fingerprint density at radius 1 is 1.19 bits per heavy atom. The number of hydrogen-bond acceptors (Lipinski definition) is 9. The topological polar surface area (TPSA) is 144 Å². The molecule has 2 aromatic rings. The quantitative estimate of drug-likeness (QED) is 0.211. The number of aliphatic hydroxyl groups excluding tert-OH is 2. The monoisotopic (exact) mass is 708 g/mol. The van der Waals surface area contributed by atoms with E-state index in [2.05, 4.69) is 5.32 Å². The average molecular weight is 709 g/mol. The molecule has 2 aromatic carbocycles. The van der Waals surface area contributed by atoms with Crippen molar-refractivity contribution >= 4 is 40.7 Å². The number of carbonyl (C=O) groups is 3. The summed E-state index contributed by atoms with van der Waals surface area (Å²) in [5.74, 6) is 0.289. The summed E-state index contributed by atoms with van der Waals surface area (Å²) in [6.07, 6.45) is 1.06. The summed E-state index contributed by atoms with van der Waals surface area (Å²) in [5.41, 5.74) is 1.60. The number of benzene rings is 2. The Balaban J connectivity index is 1.71. The largest absolute Gasteiger partial charge is 0.496 e. The first-order valence-corrected chi connectivity index (χ1v) is 15.2. The van der Waals surface area contributed by atoms with Gasteiger partial charge in [-0.2, -0.15) is 0 Å². The fourth-order valence-electron chi connectivity index (χ4n) is 5.39. The maximum absolute atomic E-state index is 14.0. The predicted octanol–water partition coefficient (Wildman–Crippen LogP) is 2.14. The van der Waals surface area contributed by atoms with E-state index < -0.39 is 24.2 Å². The van der Waals surface area contributed by atoms with Gasteiger partial charge in [-0.15, -0.1) is 0 Å². The summed E-state index contributed by atoms with van der Waals surface area (Å²) in [4.78, 5) is 40.2. The van der Waals surface area contributed by atoms with Gasteiger partial charge in [0.05, 0.1) is 43.0 Å². The van der Waals surface area contributed by atoms with Gasteiger partial charge in [-0.1, -0.05) is 18.2 Å². The molecule has 1 fully saturated rings. The average Bonchev–Trinajstić information content (AvgIpc) is 3.57. The zero-order valence-electron chi connectivity index (χ0n) is 24.2. The maximum atomic E-state index is 14.0. The number of ether oxygens (including phenoxy) is 4. The van der Waals surface area contributed by atoms with Crippen molar-refractivity contribution in [3.8, 4) is 17.2 Å². The van der Waals surface area contributed by atoms with Crippen LogP contribution >= 0.6 is 22.6 Å². The Morgan fingerprint density at radius 2 is 1.95 bits per heavy atom. The van der Waals surface area contributed by atoms with Gasteiger partial charge in [0, 0.05) is 37.3 Å². The summed E-state index contributed by atoms with van der Waals surface area (Å²) in [6, 6.07) is 9.87. The second-order valence-corrected chi connectivity index (χ2v) is 11.5. The number of aliphatic hydroxyl groups is 2. The highest BCUT2D eigenvalue weighted by Gasteiger charge is 2.42. The van der Waals surface area contributed by atoms with Crippen molar-refractivity contribution in [1.82, 2.24) is 10.2 Å². The molecule has 1 saturated heterocycles. The molecule has 4 rings (SSSR count). The molecule has 12 heteroatoms. The third-order valence-corrected chi connectivity index (χ3v) is 8.43. The molecule has 1 unspecified atom stereocenters. The molecule has 43 heavy (non-hydrogen) atoms. The highest BCUT2D eigenvalue weighted by Crippen LogP contribution is 2.37. The lowest BCUT2D eigenvalue weighted by Crippen LogP contribution is -2.56. The number of para-hydroxylation sites is 1.